The maximum atomic E-state index is 14.1. The zero-order chi connectivity index (χ0) is 15.7. The molecule has 0 unspecified atom stereocenters. The van der Waals surface area contributed by atoms with Crippen molar-refractivity contribution in [2.24, 2.45) is 10.9 Å². The number of hydrogen-bond donors (Lipinski definition) is 2. The van der Waals surface area contributed by atoms with Crippen LogP contribution in [0.3, 0.4) is 0 Å². The Labute approximate surface area is 133 Å². The van der Waals surface area contributed by atoms with E-state index >= 15 is 0 Å². The number of oxime groups is 1. The van der Waals surface area contributed by atoms with Gasteiger partial charge in [0.25, 0.3) is 0 Å². The molecule has 0 spiro atoms. The number of nitrogens with zero attached hydrogens (tertiary/aromatic N) is 1. The second-order valence-electron chi connectivity index (χ2n) is 4.84. The lowest BCUT2D eigenvalue weighted by molar-refractivity contribution is 0.289. The fourth-order valence-electron chi connectivity index (χ4n) is 1.96. The molecule has 0 aliphatic rings. The summed E-state index contributed by atoms with van der Waals surface area (Å²) in [6.07, 6.45) is 6.91. The van der Waals surface area contributed by atoms with E-state index in [-0.39, 0.29) is 16.1 Å². The van der Waals surface area contributed by atoms with Gasteiger partial charge in [0.05, 0.1) is 11.1 Å². The van der Waals surface area contributed by atoms with Crippen molar-refractivity contribution < 1.29 is 14.3 Å². The highest BCUT2D eigenvalue weighted by molar-refractivity contribution is 9.10. The van der Waals surface area contributed by atoms with Crippen LogP contribution in [0.4, 0.5) is 4.39 Å². The molecule has 0 aliphatic carbocycles. The molecular formula is C15H22BrFN2O2. The van der Waals surface area contributed by atoms with Gasteiger partial charge in [0.15, 0.2) is 17.4 Å². The van der Waals surface area contributed by atoms with Gasteiger partial charge in [-0.1, -0.05) is 44.2 Å². The Morgan fingerprint density at radius 1 is 1.29 bits per heavy atom. The van der Waals surface area contributed by atoms with E-state index in [1.807, 2.05) is 0 Å². The minimum absolute atomic E-state index is 0.137. The lowest BCUT2D eigenvalue weighted by Gasteiger charge is -2.10. The van der Waals surface area contributed by atoms with Crippen LogP contribution in [0.5, 0.6) is 5.75 Å². The van der Waals surface area contributed by atoms with E-state index in [1.165, 1.54) is 31.7 Å². The van der Waals surface area contributed by atoms with E-state index in [1.54, 1.807) is 6.07 Å². The minimum Gasteiger partial charge on any atom is -0.490 e. The van der Waals surface area contributed by atoms with E-state index in [0.717, 1.165) is 12.8 Å². The molecule has 6 heteroatoms. The molecule has 0 bridgehead atoms. The largest absolute Gasteiger partial charge is 0.490 e. The van der Waals surface area contributed by atoms with E-state index in [9.17, 15) is 4.39 Å². The summed E-state index contributed by atoms with van der Waals surface area (Å²) in [5.74, 6) is -0.516. The number of benzene rings is 1. The van der Waals surface area contributed by atoms with Gasteiger partial charge in [-0.2, -0.15) is 0 Å². The maximum absolute atomic E-state index is 14.1. The normalized spacial score (nSPS) is 11.7. The molecule has 0 fully saturated rings. The first-order chi connectivity index (χ1) is 10.1. The van der Waals surface area contributed by atoms with Gasteiger partial charge >= 0.3 is 0 Å². The number of hydrogen-bond acceptors (Lipinski definition) is 3. The van der Waals surface area contributed by atoms with Crippen LogP contribution < -0.4 is 10.5 Å². The van der Waals surface area contributed by atoms with Gasteiger partial charge in [-0.25, -0.2) is 4.39 Å². The predicted molar refractivity (Wildman–Crippen MR) is 85.5 cm³/mol. The van der Waals surface area contributed by atoms with Crippen molar-refractivity contribution in [3.8, 4) is 5.75 Å². The molecule has 0 saturated heterocycles. The monoisotopic (exact) mass is 360 g/mol. The quantitative estimate of drug-likeness (QED) is 0.225. The minimum atomic E-state index is -0.537. The molecule has 3 N–H and O–H groups in total. The van der Waals surface area contributed by atoms with Crippen LogP contribution >= 0.6 is 15.9 Å². The molecular weight excluding hydrogens is 339 g/mol. The van der Waals surface area contributed by atoms with Crippen molar-refractivity contribution >= 4 is 21.8 Å². The Kier molecular flexibility index (Phi) is 8.12. The molecule has 0 aromatic heterocycles. The van der Waals surface area contributed by atoms with Crippen LogP contribution in [-0.4, -0.2) is 17.6 Å². The summed E-state index contributed by atoms with van der Waals surface area (Å²) in [6, 6.07) is 3.04. The third-order valence-corrected chi connectivity index (χ3v) is 3.96. The second kappa shape index (κ2) is 9.60. The lowest BCUT2D eigenvalue weighted by Crippen LogP contribution is -2.14. The van der Waals surface area contributed by atoms with E-state index in [2.05, 4.69) is 28.0 Å². The Bertz CT molecular complexity index is 481. The van der Waals surface area contributed by atoms with Crippen LogP contribution in [0, 0.1) is 5.82 Å². The average Bonchev–Trinajstić information content (AvgIpc) is 2.49. The van der Waals surface area contributed by atoms with Crippen molar-refractivity contribution in [1.82, 2.24) is 0 Å². The van der Waals surface area contributed by atoms with Gasteiger partial charge in [-0.15, -0.1) is 0 Å². The van der Waals surface area contributed by atoms with Gasteiger partial charge in [-0.3, -0.25) is 0 Å². The first-order valence-corrected chi connectivity index (χ1v) is 7.99. The Morgan fingerprint density at radius 3 is 2.62 bits per heavy atom. The van der Waals surface area contributed by atoms with Gasteiger partial charge in [0, 0.05) is 5.56 Å². The standard InChI is InChI=1S/C15H22BrFN2O2/c1-2-3-4-5-6-7-10-21-12-9-8-11(15(18)19-20)13(16)14(12)17/h8-9,20H,2-7,10H2,1H3,(H2,18,19). The molecule has 0 heterocycles. The second-order valence-corrected chi connectivity index (χ2v) is 5.63. The first kappa shape index (κ1) is 17.8. The fourth-order valence-corrected chi connectivity index (χ4v) is 2.49. The van der Waals surface area contributed by atoms with Crippen LogP contribution in [-0.2, 0) is 0 Å². The predicted octanol–water partition coefficient (Wildman–Crippen LogP) is 4.42. The molecule has 1 aromatic rings. The molecule has 118 valence electrons. The van der Waals surface area contributed by atoms with Gasteiger partial charge in [0.2, 0.25) is 0 Å². The highest BCUT2D eigenvalue weighted by Crippen LogP contribution is 2.28. The Morgan fingerprint density at radius 2 is 1.95 bits per heavy atom. The van der Waals surface area contributed by atoms with Crippen molar-refractivity contribution in [3.63, 3.8) is 0 Å². The highest BCUT2D eigenvalue weighted by atomic mass is 79.9. The van der Waals surface area contributed by atoms with E-state index in [4.69, 9.17) is 15.7 Å². The third kappa shape index (κ3) is 5.53. The van der Waals surface area contributed by atoms with Gasteiger partial charge in [0.1, 0.15) is 0 Å². The van der Waals surface area contributed by atoms with Gasteiger partial charge in [-0.05, 0) is 34.5 Å². The number of nitrogens with two attached hydrogens (primary N) is 1. The van der Waals surface area contributed by atoms with E-state index in [0.29, 0.717) is 12.2 Å². The van der Waals surface area contributed by atoms with Crippen molar-refractivity contribution in [3.05, 3.63) is 28.0 Å². The Hall–Kier alpha value is -1.30. The van der Waals surface area contributed by atoms with Crippen molar-refractivity contribution in [2.75, 3.05) is 6.61 Å². The number of halogens is 2. The van der Waals surface area contributed by atoms with Gasteiger partial charge < -0.3 is 15.7 Å². The molecule has 21 heavy (non-hydrogen) atoms. The molecule has 0 atom stereocenters. The smallest absolute Gasteiger partial charge is 0.179 e. The topological polar surface area (TPSA) is 67.8 Å². The summed E-state index contributed by atoms with van der Waals surface area (Å²) in [7, 11) is 0. The molecule has 0 saturated carbocycles. The zero-order valence-electron chi connectivity index (χ0n) is 12.2. The summed E-state index contributed by atoms with van der Waals surface area (Å²) in [5.41, 5.74) is 5.75. The van der Waals surface area contributed by atoms with Crippen LogP contribution in [0.15, 0.2) is 21.8 Å². The fraction of sp³-hybridized carbons (Fsp3) is 0.533. The number of rotatable bonds is 9. The number of amidine groups is 1. The van der Waals surface area contributed by atoms with Crippen molar-refractivity contribution in [1.29, 1.82) is 0 Å². The van der Waals surface area contributed by atoms with E-state index < -0.39 is 5.82 Å². The summed E-state index contributed by atoms with van der Waals surface area (Å²) in [5, 5.41) is 11.5. The summed E-state index contributed by atoms with van der Waals surface area (Å²) in [4.78, 5) is 0. The molecule has 0 radical (unpaired) electrons. The van der Waals surface area contributed by atoms with Crippen LogP contribution in [0.25, 0.3) is 0 Å². The van der Waals surface area contributed by atoms with Crippen LogP contribution in [0.2, 0.25) is 0 Å². The lowest BCUT2D eigenvalue weighted by atomic mass is 10.1. The molecule has 1 rings (SSSR count). The summed E-state index contributed by atoms with van der Waals surface area (Å²) in [6.45, 7) is 2.67. The molecule has 4 nitrogen and oxygen atoms in total. The molecule has 1 aromatic carbocycles. The molecule has 0 amide bonds. The summed E-state index contributed by atoms with van der Waals surface area (Å²) >= 11 is 3.10. The maximum Gasteiger partial charge on any atom is 0.179 e. The SMILES string of the molecule is CCCCCCCCOc1ccc(/C(N)=N/O)c(Br)c1F. The van der Waals surface area contributed by atoms with Crippen LogP contribution in [0.1, 0.15) is 51.0 Å². The highest BCUT2D eigenvalue weighted by Gasteiger charge is 2.14. The number of unbranched alkanes of at least 4 members (excludes halogenated alkanes) is 5. The zero-order valence-corrected chi connectivity index (χ0v) is 13.8. The number of ether oxygens (including phenoxy) is 1. The molecule has 0 aliphatic heterocycles. The summed E-state index contributed by atoms with van der Waals surface area (Å²) < 4.78 is 19.7. The van der Waals surface area contributed by atoms with Crippen molar-refractivity contribution in [2.45, 2.75) is 45.4 Å². The first-order valence-electron chi connectivity index (χ1n) is 7.20. The third-order valence-electron chi connectivity index (χ3n) is 3.19. The Balaban J connectivity index is 2.48. The average molecular weight is 361 g/mol.